The second-order valence-electron chi connectivity index (χ2n) is 4.14. The first-order valence-corrected chi connectivity index (χ1v) is 6.31. The third-order valence-corrected chi connectivity index (χ3v) is 2.59. The van der Waals surface area contributed by atoms with Crippen LogP contribution in [-0.2, 0) is 20.7 Å². The second kappa shape index (κ2) is 8.92. The number of ether oxygens (including phenoxy) is 2. The van der Waals surface area contributed by atoms with Crippen molar-refractivity contribution in [3.8, 4) is 5.75 Å². The molecule has 0 saturated heterocycles. The molecule has 0 spiro atoms. The van der Waals surface area contributed by atoms with E-state index in [1.165, 1.54) is 0 Å². The molecular formula is C14H19NO5. The maximum Gasteiger partial charge on any atom is 0.329 e. The zero-order chi connectivity index (χ0) is 14.8. The summed E-state index contributed by atoms with van der Waals surface area (Å²) in [6.07, 6.45) is 1.02. The summed E-state index contributed by atoms with van der Waals surface area (Å²) in [7, 11) is 1.61. The maximum absolute atomic E-state index is 11.5. The lowest BCUT2D eigenvalue weighted by molar-refractivity contribution is -0.142. The predicted molar refractivity (Wildman–Crippen MR) is 72.8 cm³/mol. The van der Waals surface area contributed by atoms with Crippen LogP contribution >= 0.6 is 0 Å². The van der Waals surface area contributed by atoms with Gasteiger partial charge in [-0.25, -0.2) is 4.79 Å². The first kappa shape index (κ1) is 16.0. The van der Waals surface area contributed by atoms with Crippen molar-refractivity contribution in [3.63, 3.8) is 0 Å². The van der Waals surface area contributed by atoms with Crippen molar-refractivity contribution >= 4 is 11.9 Å². The third kappa shape index (κ3) is 6.75. The summed E-state index contributed by atoms with van der Waals surface area (Å²) in [6.45, 7) is 0.164. The van der Waals surface area contributed by atoms with E-state index >= 15 is 0 Å². The Hall–Kier alpha value is -2.08. The molecule has 0 aromatic heterocycles. The van der Waals surface area contributed by atoms with Gasteiger partial charge in [0.25, 0.3) is 0 Å². The molecule has 0 bridgehead atoms. The molecule has 110 valence electrons. The SMILES string of the molecule is COc1ccc(CCC(=O)NCCOCC(=O)O)cc1. The minimum atomic E-state index is -1.02. The number of hydrogen-bond acceptors (Lipinski definition) is 4. The minimum Gasteiger partial charge on any atom is -0.497 e. The Morgan fingerprint density at radius 3 is 2.55 bits per heavy atom. The smallest absolute Gasteiger partial charge is 0.329 e. The molecule has 0 unspecified atom stereocenters. The van der Waals surface area contributed by atoms with Gasteiger partial charge in [-0.3, -0.25) is 4.79 Å². The molecule has 6 nitrogen and oxygen atoms in total. The van der Waals surface area contributed by atoms with Gasteiger partial charge in [-0.05, 0) is 24.1 Å². The van der Waals surface area contributed by atoms with Crippen molar-refractivity contribution in [1.29, 1.82) is 0 Å². The third-order valence-electron chi connectivity index (χ3n) is 2.59. The Labute approximate surface area is 117 Å². The van der Waals surface area contributed by atoms with Gasteiger partial charge < -0.3 is 19.9 Å². The Bertz CT molecular complexity index is 430. The van der Waals surface area contributed by atoms with Gasteiger partial charge in [0.05, 0.1) is 13.7 Å². The molecule has 1 aromatic carbocycles. The van der Waals surface area contributed by atoms with E-state index in [2.05, 4.69) is 5.32 Å². The van der Waals surface area contributed by atoms with Crippen molar-refractivity contribution in [2.45, 2.75) is 12.8 Å². The van der Waals surface area contributed by atoms with Gasteiger partial charge >= 0.3 is 5.97 Å². The number of benzene rings is 1. The van der Waals surface area contributed by atoms with Gasteiger partial charge in [-0.2, -0.15) is 0 Å². The molecule has 2 N–H and O–H groups in total. The monoisotopic (exact) mass is 281 g/mol. The molecule has 0 aliphatic heterocycles. The lowest BCUT2D eigenvalue weighted by atomic mass is 10.1. The van der Waals surface area contributed by atoms with E-state index in [1.807, 2.05) is 24.3 Å². The normalized spacial score (nSPS) is 10.1. The molecule has 20 heavy (non-hydrogen) atoms. The quantitative estimate of drug-likeness (QED) is 0.655. The zero-order valence-corrected chi connectivity index (χ0v) is 11.4. The molecule has 0 atom stereocenters. The molecule has 1 amide bonds. The van der Waals surface area contributed by atoms with Crippen LogP contribution in [-0.4, -0.2) is 43.9 Å². The average Bonchev–Trinajstić information content (AvgIpc) is 2.45. The summed E-state index contributed by atoms with van der Waals surface area (Å²) < 4.78 is 9.86. The van der Waals surface area contributed by atoms with Crippen molar-refractivity contribution in [1.82, 2.24) is 5.32 Å². The maximum atomic E-state index is 11.5. The Balaban J connectivity index is 2.14. The van der Waals surface area contributed by atoms with E-state index < -0.39 is 5.97 Å². The van der Waals surface area contributed by atoms with Crippen molar-refractivity contribution in [2.24, 2.45) is 0 Å². The molecule has 6 heteroatoms. The van der Waals surface area contributed by atoms with Gasteiger partial charge in [0.1, 0.15) is 12.4 Å². The Morgan fingerprint density at radius 2 is 1.95 bits per heavy atom. The molecule has 1 aromatic rings. The first-order chi connectivity index (χ1) is 9.61. The van der Waals surface area contributed by atoms with Crippen molar-refractivity contribution in [2.75, 3.05) is 26.9 Å². The lowest BCUT2D eigenvalue weighted by Gasteiger charge is -2.06. The lowest BCUT2D eigenvalue weighted by Crippen LogP contribution is -2.28. The summed E-state index contributed by atoms with van der Waals surface area (Å²) in [5.74, 6) is -0.315. The highest BCUT2D eigenvalue weighted by Gasteiger charge is 2.02. The van der Waals surface area contributed by atoms with E-state index in [-0.39, 0.29) is 19.1 Å². The van der Waals surface area contributed by atoms with E-state index in [0.717, 1.165) is 11.3 Å². The molecule has 0 aliphatic rings. The van der Waals surface area contributed by atoms with Crippen LogP contribution in [0.5, 0.6) is 5.75 Å². The summed E-state index contributed by atoms with van der Waals surface area (Å²) in [4.78, 5) is 21.7. The highest BCUT2D eigenvalue weighted by molar-refractivity contribution is 5.76. The molecule has 0 saturated carbocycles. The number of carboxylic acid groups (broad SMARTS) is 1. The average molecular weight is 281 g/mol. The fourth-order valence-corrected chi connectivity index (χ4v) is 1.56. The molecule has 0 aliphatic carbocycles. The zero-order valence-electron chi connectivity index (χ0n) is 11.4. The van der Waals surface area contributed by atoms with E-state index in [9.17, 15) is 9.59 Å². The largest absolute Gasteiger partial charge is 0.497 e. The highest BCUT2D eigenvalue weighted by Crippen LogP contribution is 2.12. The number of methoxy groups -OCH3 is 1. The van der Waals surface area contributed by atoms with Crippen LogP contribution in [0, 0.1) is 0 Å². The van der Waals surface area contributed by atoms with E-state index in [0.29, 0.717) is 19.4 Å². The van der Waals surface area contributed by atoms with Crippen molar-refractivity contribution in [3.05, 3.63) is 29.8 Å². The molecule has 0 fully saturated rings. The van der Waals surface area contributed by atoms with Gasteiger partial charge in [0.2, 0.25) is 5.91 Å². The number of hydrogen-bond donors (Lipinski definition) is 2. The van der Waals surface area contributed by atoms with E-state index in [1.54, 1.807) is 7.11 Å². The standard InChI is InChI=1S/C14H19NO5/c1-19-12-5-2-11(3-6-12)4-7-13(16)15-8-9-20-10-14(17)18/h2-3,5-6H,4,7-10H2,1H3,(H,15,16)(H,17,18). The number of carbonyl (C=O) groups excluding carboxylic acids is 1. The second-order valence-corrected chi connectivity index (χ2v) is 4.14. The van der Waals surface area contributed by atoms with Crippen molar-refractivity contribution < 1.29 is 24.2 Å². The molecule has 0 heterocycles. The molecule has 1 rings (SSSR count). The minimum absolute atomic E-state index is 0.0836. The Kier molecular flexibility index (Phi) is 7.13. The van der Waals surface area contributed by atoms with Crippen LogP contribution in [0.25, 0.3) is 0 Å². The number of aryl methyl sites for hydroxylation is 1. The van der Waals surface area contributed by atoms with Crippen LogP contribution in [0.1, 0.15) is 12.0 Å². The van der Waals surface area contributed by atoms with Gasteiger partial charge in [0, 0.05) is 13.0 Å². The summed E-state index contributed by atoms with van der Waals surface area (Å²) in [6, 6.07) is 7.55. The van der Waals surface area contributed by atoms with Crippen LogP contribution in [0.3, 0.4) is 0 Å². The van der Waals surface area contributed by atoms with Crippen LogP contribution in [0.15, 0.2) is 24.3 Å². The number of aliphatic carboxylic acids is 1. The number of amides is 1. The van der Waals surface area contributed by atoms with Crippen LogP contribution in [0.2, 0.25) is 0 Å². The number of rotatable bonds is 9. The fourth-order valence-electron chi connectivity index (χ4n) is 1.56. The molecule has 0 radical (unpaired) electrons. The summed E-state index contributed by atoms with van der Waals surface area (Å²) in [5.41, 5.74) is 1.06. The number of nitrogens with one attached hydrogen (secondary N) is 1. The summed E-state index contributed by atoms with van der Waals surface area (Å²) >= 11 is 0. The van der Waals surface area contributed by atoms with Gasteiger partial charge in [-0.15, -0.1) is 0 Å². The van der Waals surface area contributed by atoms with Crippen LogP contribution in [0.4, 0.5) is 0 Å². The van der Waals surface area contributed by atoms with E-state index in [4.69, 9.17) is 14.6 Å². The van der Waals surface area contributed by atoms with Crippen LogP contribution < -0.4 is 10.1 Å². The fraction of sp³-hybridized carbons (Fsp3) is 0.429. The molecular weight excluding hydrogens is 262 g/mol. The number of carbonyl (C=O) groups is 2. The number of carboxylic acids is 1. The highest BCUT2D eigenvalue weighted by atomic mass is 16.5. The van der Waals surface area contributed by atoms with Gasteiger partial charge in [0.15, 0.2) is 0 Å². The Morgan fingerprint density at radius 1 is 1.25 bits per heavy atom. The topological polar surface area (TPSA) is 84.9 Å². The van der Waals surface area contributed by atoms with Gasteiger partial charge in [-0.1, -0.05) is 12.1 Å². The summed E-state index contributed by atoms with van der Waals surface area (Å²) in [5, 5.41) is 11.0. The first-order valence-electron chi connectivity index (χ1n) is 6.31. The predicted octanol–water partition coefficient (Wildman–Crippen LogP) is 0.845.